The Morgan fingerprint density at radius 1 is 1.05 bits per heavy atom. The summed E-state index contributed by atoms with van der Waals surface area (Å²) in [6.45, 7) is 0. The summed E-state index contributed by atoms with van der Waals surface area (Å²) >= 11 is 5.36. The normalized spacial score (nSPS) is 10.0. The third-order valence-corrected chi connectivity index (χ3v) is 4.18. The molecule has 0 atom stereocenters. The van der Waals surface area contributed by atoms with E-state index >= 15 is 0 Å². The van der Waals surface area contributed by atoms with Crippen LogP contribution in [0.3, 0.4) is 0 Å². The number of anilines is 2. The van der Waals surface area contributed by atoms with E-state index in [9.17, 15) is 9.59 Å². The summed E-state index contributed by atoms with van der Waals surface area (Å²) in [5.41, 5.74) is 1.34. The van der Waals surface area contributed by atoms with Crippen molar-refractivity contribution in [1.29, 1.82) is 0 Å². The van der Waals surface area contributed by atoms with Crippen LogP contribution in [0.25, 0.3) is 0 Å². The number of amides is 2. The monoisotopic (exact) mass is 460 g/mol. The minimum atomic E-state index is -1.02. The molecule has 2 amide bonds. The summed E-state index contributed by atoms with van der Waals surface area (Å²) in [5, 5.41) is 14.3. The van der Waals surface area contributed by atoms with Crippen molar-refractivity contribution in [2.24, 2.45) is 0 Å². The Morgan fingerprint density at radius 2 is 1.71 bits per heavy atom. The Labute approximate surface area is 143 Å². The molecule has 5 nitrogen and oxygen atoms in total. The topological polar surface area (TPSA) is 78.4 Å². The number of nitrogens with one attached hydrogen (secondary N) is 2. The highest BCUT2D eigenvalue weighted by Gasteiger charge is 2.10. The van der Waals surface area contributed by atoms with Gasteiger partial charge in [0.15, 0.2) is 0 Å². The van der Waals surface area contributed by atoms with Crippen LogP contribution in [-0.4, -0.2) is 17.1 Å². The van der Waals surface area contributed by atoms with E-state index in [0.717, 1.165) is 3.57 Å². The first-order valence-corrected chi connectivity index (χ1v) is 7.70. The van der Waals surface area contributed by atoms with Gasteiger partial charge in [0.2, 0.25) is 0 Å². The Balaban J connectivity index is 2.10. The maximum atomic E-state index is 11.9. The van der Waals surface area contributed by atoms with Gasteiger partial charge in [0.05, 0.1) is 16.9 Å². The van der Waals surface area contributed by atoms with Crippen LogP contribution < -0.4 is 10.6 Å². The molecule has 0 radical (unpaired) electrons. The van der Waals surface area contributed by atoms with Crippen molar-refractivity contribution in [3.63, 3.8) is 0 Å². The third kappa shape index (κ3) is 4.18. The molecule has 2 aromatic carbocycles. The largest absolute Gasteiger partial charge is 0.478 e. The summed E-state index contributed by atoms with van der Waals surface area (Å²) in [4.78, 5) is 22.8. The number of carboxylic acids is 1. The summed E-state index contributed by atoms with van der Waals surface area (Å²) in [6.07, 6.45) is 0. The summed E-state index contributed by atoms with van der Waals surface area (Å²) < 4.78 is 1.42. The van der Waals surface area contributed by atoms with Crippen molar-refractivity contribution in [2.45, 2.75) is 0 Å². The van der Waals surface area contributed by atoms with Crippen molar-refractivity contribution >= 4 is 61.9 Å². The van der Waals surface area contributed by atoms with Crippen LogP contribution in [0, 0.1) is 3.57 Å². The average molecular weight is 461 g/mol. The lowest BCUT2D eigenvalue weighted by Gasteiger charge is -2.10. The molecule has 0 saturated carbocycles. The SMILES string of the molecule is O=C(Nc1ccc(C(=O)O)cc1Br)Nc1ccccc1I. The number of urea groups is 1. The van der Waals surface area contributed by atoms with Crippen LogP contribution in [0.5, 0.6) is 0 Å². The van der Waals surface area contributed by atoms with Crippen LogP contribution >= 0.6 is 38.5 Å². The second kappa shape index (κ2) is 6.90. The fraction of sp³-hybridized carbons (Fsp3) is 0. The number of halogens is 2. The lowest BCUT2D eigenvalue weighted by Crippen LogP contribution is -2.20. The van der Waals surface area contributed by atoms with Crippen LogP contribution in [0.1, 0.15) is 10.4 Å². The number of carbonyl (C=O) groups is 2. The van der Waals surface area contributed by atoms with E-state index in [0.29, 0.717) is 15.8 Å². The van der Waals surface area contributed by atoms with E-state index in [-0.39, 0.29) is 5.56 Å². The second-order valence-electron chi connectivity index (χ2n) is 4.06. The zero-order valence-corrected chi connectivity index (χ0v) is 14.3. The van der Waals surface area contributed by atoms with Gasteiger partial charge in [-0.2, -0.15) is 0 Å². The van der Waals surface area contributed by atoms with E-state index < -0.39 is 12.0 Å². The molecule has 0 aliphatic heterocycles. The smallest absolute Gasteiger partial charge is 0.335 e. The van der Waals surface area contributed by atoms with E-state index in [4.69, 9.17) is 5.11 Å². The van der Waals surface area contributed by atoms with E-state index in [2.05, 4.69) is 49.2 Å². The lowest BCUT2D eigenvalue weighted by atomic mass is 10.2. The molecule has 0 aliphatic carbocycles. The number of benzene rings is 2. The average Bonchev–Trinajstić information content (AvgIpc) is 2.43. The Bertz CT molecular complexity index is 706. The maximum absolute atomic E-state index is 11.9. The molecule has 108 valence electrons. The molecular weight excluding hydrogens is 451 g/mol. The molecule has 0 aliphatic rings. The molecule has 0 heterocycles. The van der Waals surface area contributed by atoms with Gasteiger partial charge >= 0.3 is 12.0 Å². The first kappa shape index (κ1) is 15.8. The Morgan fingerprint density at radius 3 is 2.33 bits per heavy atom. The van der Waals surface area contributed by atoms with Crippen molar-refractivity contribution in [3.05, 3.63) is 56.1 Å². The maximum Gasteiger partial charge on any atom is 0.335 e. The number of hydrogen-bond acceptors (Lipinski definition) is 2. The molecule has 0 saturated heterocycles. The third-order valence-electron chi connectivity index (χ3n) is 2.59. The van der Waals surface area contributed by atoms with Gasteiger partial charge in [-0.15, -0.1) is 0 Å². The highest BCUT2D eigenvalue weighted by molar-refractivity contribution is 14.1. The number of carboxylic acid groups (broad SMARTS) is 1. The summed E-state index contributed by atoms with van der Waals surface area (Å²) in [7, 11) is 0. The number of carbonyl (C=O) groups excluding carboxylic acids is 1. The van der Waals surface area contributed by atoms with E-state index in [1.54, 1.807) is 6.07 Å². The van der Waals surface area contributed by atoms with Crippen LogP contribution in [0.15, 0.2) is 46.9 Å². The molecular formula is C14H10BrIN2O3. The minimum absolute atomic E-state index is 0.144. The molecule has 0 bridgehead atoms. The molecule has 2 rings (SSSR count). The number of hydrogen-bond donors (Lipinski definition) is 3. The number of rotatable bonds is 3. The van der Waals surface area contributed by atoms with Gasteiger partial charge in [-0.25, -0.2) is 9.59 Å². The second-order valence-corrected chi connectivity index (χ2v) is 6.08. The highest BCUT2D eigenvalue weighted by Crippen LogP contribution is 2.24. The van der Waals surface area contributed by atoms with Gasteiger partial charge in [-0.3, -0.25) is 0 Å². The van der Waals surface area contributed by atoms with Gasteiger partial charge in [0, 0.05) is 8.04 Å². The summed E-state index contributed by atoms with van der Waals surface area (Å²) in [5.74, 6) is -1.02. The zero-order chi connectivity index (χ0) is 15.4. The van der Waals surface area contributed by atoms with Gasteiger partial charge in [-0.05, 0) is 68.9 Å². The van der Waals surface area contributed by atoms with Crippen molar-refractivity contribution in [2.75, 3.05) is 10.6 Å². The molecule has 0 fully saturated rings. The van der Waals surface area contributed by atoms with Gasteiger partial charge in [0.1, 0.15) is 0 Å². The van der Waals surface area contributed by atoms with Crippen molar-refractivity contribution < 1.29 is 14.7 Å². The Hall–Kier alpha value is -1.61. The van der Waals surface area contributed by atoms with Crippen molar-refractivity contribution in [3.8, 4) is 0 Å². The molecule has 2 aromatic rings. The van der Waals surface area contributed by atoms with Crippen molar-refractivity contribution in [1.82, 2.24) is 0 Å². The van der Waals surface area contributed by atoms with Crippen LogP contribution in [-0.2, 0) is 0 Å². The van der Waals surface area contributed by atoms with Crippen LogP contribution in [0.4, 0.5) is 16.2 Å². The number of para-hydroxylation sites is 1. The molecule has 0 aromatic heterocycles. The standard InChI is InChI=1S/C14H10BrIN2O3/c15-9-7-8(13(19)20)5-6-11(9)17-14(21)18-12-4-2-1-3-10(12)16/h1-7H,(H,19,20)(H2,17,18,21). The first-order valence-electron chi connectivity index (χ1n) is 5.83. The van der Waals surface area contributed by atoms with Gasteiger partial charge in [0.25, 0.3) is 0 Å². The molecule has 0 unspecified atom stereocenters. The molecule has 0 spiro atoms. The minimum Gasteiger partial charge on any atom is -0.478 e. The highest BCUT2D eigenvalue weighted by atomic mass is 127. The van der Waals surface area contributed by atoms with E-state index in [1.807, 2.05) is 18.2 Å². The fourth-order valence-corrected chi connectivity index (χ4v) is 2.59. The fourth-order valence-electron chi connectivity index (χ4n) is 1.59. The van der Waals surface area contributed by atoms with Crippen LogP contribution in [0.2, 0.25) is 0 Å². The Kier molecular flexibility index (Phi) is 5.18. The lowest BCUT2D eigenvalue weighted by molar-refractivity contribution is 0.0697. The predicted molar refractivity (Wildman–Crippen MR) is 92.9 cm³/mol. The van der Waals surface area contributed by atoms with Gasteiger partial charge < -0.3 is 15.7 Å². The summed E-state index contributed by atoms with van der Waals surface area (Å²) in [6, 6.07) is 11.4. The predicted octanol–water partition coefficient (Wildman–Crippen LogP) is 4.40. The zero-order valence-electron chi connectivity index (χ0n) is 10.6. The van der Waals surface area contributed by atoms with E-state index in [1.165, 1.54) is 18.2 Å². The molecule has 3 N–H and O–H groups in total. The van der Waals surface area contributed by atoms with Gasteiger partial charge in [-0.1, -0.05) is 12.1 Å². The molecule has 21 heavy (non-hydrogen) atoms. The number of aromatic carboxylic acids is 1. The molecule has 7 heteroatoms. The first-order chi connectivity index (χ1) is 9.97. The quantitative estimate of drug-likeness (QED) is 0.594.